The Hall–Kier alpha value is -4.11. The maximum absolute atomic E-state index is 13.8. The van der Waals surface area contributed by atoms with Crippen molar-refractivity contribution in [2.24, 2.45) is 5.92 Å². The number of hydrogen-bond donors (Lipinski definition) is 0. The number of carbonyl (C=O) groups excluding carboxylic acids is 1. The number of urea groups is 1. The maximum Gasteiger partial charge on any atom is 0.325 e. The van der Waals surface area contributed by atoms with Crippen LogP contribution in [-0.4, -0.2) is 33.1 Å². The van der Waals surface area contributed by atoms with Crippen LogP contribution < -0.4 is 4.90 Å². The number of anilines is 1. The van der Waals surface area contributed by atoms with Crippen molar-refractivity contribution >= 4 is 22.5 Å². The first-order chi connectivity index (χ1) is 17.1. The molecule has 2 atom stereocenters. The summed E-state index contributed by atoms with van der Waals surface area (Å²) in [7, 11) is 0. The van der Waals surface area contributed by atoms with E-state index in [0.717, 1.165) is 34.1 Å². The molecule has 0 aliphatic carbocycles. The Labute approximate surface area is 206 Å². The van der Waals surface area contributed by atoms with Crippen LogP contribution >= 0.6 is 0 Å². The summed E-state index contributed by atoms with van der Waals surface area (Å²) in [6, 6.07) is 24.3. The van der Waals surface area contributed by atoms with Crippen LogP contribution in [0.2, 0.25) is 0 Å². The van der Waals surface area contributed by atoms with Crippen LogP contribution in [0.25, 0.3) is 10.8 Å². The van der Waals surface area contributed by atoms with Gasteiger partial charge < -0.3 is 9.47 Å². The van der Waals surface area contributed by atoms with E-state index < -0.39 is 0 Å². The first-order valence-electron chi connectivity index (χ1n) is 12.1. The summed E-state index contributed by atoms with van der Waals surface area (Å²) in [4.78, 5) is 22.2. The van der Waals surface area contributed by atoms with E-state index in [2.05, 4.69) is 47.7 Å². The molecule has 176 valence electrons. The molecule has 2 unspecified atom stereocenters. The maximum atomic E-state index is 13.8. The lowest BCUT2D eigenvalue weighted by Crippen LogP contribution is -2.38. The second kappa shape index (κ2) is 9.63. The molecule has 1 saturated heterocycles. The molecule has 5 rings (SSSR count). The fraction of sp³-hybridized carbons (Fsp3) is 0.276. The third kappa shape index (κ3) is 4.38. The Kier molecular flexibility index (Phi) is 6.24. The van der Waals surface area contributed by atoms with Gasteiger partial charge in [-0.2, -0.15) is 5.26 Å². The molecule has 0 N–H and O–H groups in total. The predicted octanol–water partition coefficient (Wildman–Crippen LogP) is 5.81. The van der Waals surface area contributed by atoms with Gasteiger partial charge in [-0.05, 0) is 35.1 Å². The van der Waals surface area contributed by atoms with Gasteiger partial charge in [-0.15, -0.1) is 0 Å². The topological polar surface area (TPSA) is 65.2 Å². The van der Waals surface area contributed by atoms with Gasteiger partial charge in [-0.1, -0.05) is 68.8 Å². The van der Waals surface area contributed by atoms with Gasteiger partial charge in [0, 0.05) is 24.7 Å². The normalized spacial score (nSPS) is 16.6. The largest absolute Gasteiger partial charge is 0.329 e. The third-order valence-electron chi connectivity index (χ3n) is 7.17. The second-order valence-electron chi connectivity index (χ2n) is 9.29. The van der Waals surface area contributed by atoms with E-state index in [1.54, 1.807) is 0 Å². The molecular weight excluding hydrogens is 434 g/mol. The first kappa shape index (κ1) is 22.7. The highest BCUT2D eigenvalue weighted by Crippen LogP contribution is 2.34. The minimum atomic E-state index is 0.0396. The smallest absolute Gasteiger partial charge is 0.325 e. The van der Waals surface area contributed by atoms with Gasteiger partial charge in [0.2, 0.25) is 0 Å². The minimum Gasteiger partial charge on any atom is -0.329 e. The molecule has 2 heterocycles. The summed E-state index contributed by atoms with van der Waals surface area (Å²) < 4.78 is 2.09. The number of rotatable bonds is 7. The van der Waals surface area contributed by atoms with Gasteiger partial charge in [-0.25, -0.2) is 9.78 Å². The number of carbonyl (C=O) groups is 1. The lowest BCUT2D eigenvalue weighted by Gasteiger charge is -2.27. The van der Waals surface area contributed by atoms with Crippen LogP contribution in [0.15, 0.2) is 79.3 Å². The number of nitrogens with zero attached hydrogens (tertiary/aromatic N) is 5. The molecule has 3 aromatic carbocycles. The van der Waals surface area contributed by atoms with Gasteiger partial charge in [0.15, 0.2) is 0 Å². The first-order valence-corrected chi connectivity index (χ1v) is 12.1. The summed E-state index contributed by atoms with van der Waals surface area (Å²) >= 11 is 0. The molecule has 35 heavy (non-hydrogen) atoms. The van der Waals surface area contributed by atoms with Crippen LogP contribution in [0.5, 0.6) is 0 Å². The second-order valence-corrected chi connectivity index (χ2v) is 9.29. The van der Waals surface area contributed by atoms with Crippen molar-refractivity contribution in [3.8, 4) is 6.07 Å². The molecule has 0 saturated carbocycles. The van der Waals surface area contributed by atoms with Crippen molar-refractivity contribution in [3.05, 3.63) is 96.1 Å². The van der Waals surface area contributed by atoms with E-state index in [0.29, 0.717) is 31.1 Å². The lowest BCUT2D eigenvalue weighted by atomic mass is 9.98. The lowest BCUT2D eigenvalue weighted by molar-refractivity contribution is 0.180. The summed E-state index contributed by atoms with van der Waals surface area (Å²) in [5, 5.41) is 11.3. The zero-order valence-electron chi connectivity index (χ0n) is 20.1. The Balaban J connectivity index is 1.43. The molecular formula is C29H29N5O. The van der Waals surface area contributed by atoms with E-state index in [-0.39, 0.29) is 12.1 Å². The molecule has 6 nitrogen and oxygen atoms in total. The monoisotopic (exact) mass is 463 g/mol. The zero-order chi connectivity index (χ0) is 24.4. The minimum absolute atomic E-state index is 0.0396. The van der Waals surface area contributed by atoms with E-state index in [1.165, 1.54) is 0 Å². The van der Waals surface area contributed by atoms with Gasteiger partial charge in [0.1, 0.15) is 0 Å². The van der Waals surface area contributed by atoms with Gasteiger partial charge >= 0.3 is 6.03 Å². The Morgan fingerprint density at radius 1 is 1.06 bits per heavy atom. The molecule has 4 aromatic rings. The molecule has 0 spiro atoms. The number of amides is 2. The third-order valence-corrected chi connectivity index (χ3v) is 7.17. The van der Waals surface area contributed by atoms with Crippen molar-refractivity contribution < 1.29 is 4.79 Å². The zero-order valence-corrected chi connectivity index (χ0v) is 20.1. The van der Waals surface area contributed by atoms with Crippen LogP contribution in [0.3, 0.4) is 0 Å². The Morgan fingerprint density at radius 2 is 1.83 bits per heavy atom. The predicted molar refractivity (Wildman–Crippen MR) is 138 cm³/mol. The quantitative estimate of drug-likeness (QED) is 0.347. The summed E-state index contributed by atoms with van der Waals surface area (Å²) in [6.45, 7) is 6.23. The van der Waals surface area contributed by atoms with Crippen molar-refractivity contribution in [2.45, 2.75) is 39.4 Å². The molecule has 2 amide bonds. The fourth-order valence-electron chi connectivity index (χ4n) is 4.93. The standard InChI is InChI=1S/C29H29N5O/c1-3-21(2)28-19-34(27-10-6-8-24-7-4-5-9-26(24)27)29(35)33(28)18-25-16-31-20-32(25)17-23-13-11-22(15-30)12-14-23/h4-14,16,20-21,28H,3,17-19H2,1-2H3. The highest BCUT2D eigenvalue weighted by Gasteiger charge is 2.41. The van der Waals surface area contributed by atoms with Gasteiger partial charge in [-0.3, -0.25) is 4.90 Å². The van der Waals surface area contributed by atoms with Crippen molar-refractivity contribution in [1.29, 1.82) is 5.26 Å². The molecule has 6 heteroatoms. The number of hydrogen-bond acceptors (Lipinski definition) is 3. The van der Waals surface area contributed by atoms with Crippen molar-refractivity contribution in [1.82, 2.24) is 14.5 Å². The highest BCUT2D eigenvalue weighted by molar-refractivity contribution is 6.04. The number of benzene rings is 3. The van der Waals surface area contributed by atoms with Crippen LogP contribution in [-0.2, 0) is 13.1 Å². The number of aromatic nitrogens is 2. The van der Waals surface area contributed by atoms with Crippen molar-refractivity contribution in [3.63, 3.8) is 0 Å². The van der Waals surface area contributed by atoms with E-state index in [9.17, 15) is 4.79 Å². The molecule has 0 bridgehead atoms. The van der Waals surface area contributed by atoms with Crippen molar-refractivity contribution in [2.75, 3.05) is 11.4 Å². The number of imidazole rings is 1. The molecule has 1 aromatic heterocycles. The average molecular weight is 464 g/mol. The Morgan fingerprint density at radius 3 is 2.60 bits per heavy atom. The average Bonchev–Trinajstić information content (AvgIpc) is 3.47. The summed E-state index contributed by atoms with van der Waals surface area (Å²) in [5.41, 5.74) is 3.70. The molecule has 1 fully saturated rings. The summed E-state index contributed by atoms with van der Waals surface area (Å²) in [5.74, 6) is 0.369. The fourth-order valence-corrected chi connectivity index (χ4v) is 4.93. The molecule has 0 radical (unpaired) electrons. The molecule has 1 aliphatic heterocycles. The Bertz CT molecular complexity index is 1380. The van der Waals surface area contributed by atoms with Gasteiger partial charge in [0.05, 0.1) is 41.9 Å². The van der Waals surface area contributed by atoms with E-state index >= 15 is 0 Å². The number of fused-ring (bicyclic) bond motifs is 1. The van der Waals surface area contributed by atoms with Crippen LogP contribution in [0.4, 0.5) is 10.5 Å². The van der Waals surface area contributed by atoms with Crippen LogP contribution in [0, 0.1) is 17.2 Å². The van der Waals surface area contributed by atoms with Crippen LogP contribution in [0.1, 0.15) is 37.1 Å². The SMILES string of the molecule is CCC(C)C1CN(c2cccc3ccccc23)C(=O)N1Cc1cncn1Cc1ccc(C#N)cc1. The molecule has 1 aliphatic rings. The van der Waals surface area contributed by atoms with E-state index in [4.69, 9.17) is 5.26 Å². The highest BCUT2D eigenvalue weighted by atomic mass is 16.2. The number of nitriles is 1. The summed E-state index contributed by atoms with van der Waals surface area (Å²) in [6.07, 6.45) is 4.67. The van der Waals surface area contributed by atoms with Gasteiger partial charge in [0.25, 0.3) is 0 Å². The van der Waals surface area contributed by atoms with E-state index in [1.807, 2.05) is 70.9 Å².